The molecule has 31 heavy (non-hydrogen) atoms. The van der Waals surface area contributed by atoms with Gasteiger partial charge in [0.25, 0.3) is 0 Å². The summed E-state index contributed by atoms with van der Waals surface area (Å²) in [5.74, 6) is 1.11. The number of nitriles is 1. The van der Waals surface area contributed by atoms with Crippen molar-refractivity contribution in [2.75, 3.05) is 0 Å². The van der Waals surface area contributed by atoms with Gasteiger partial charge >= 0.3 is 6.09 Å². The Labute approximate surface area is 186 Å². The molecule has 1 heterocycles. The summed E-state index contributed by atoms with van der Waals surface area (Å²) in [4.78, 5) is 11.4. The van der Waals surface area contributed by atoms with Crippen molar-refractivity contribution >= 4 is 40.2 Å². The summed E-state index contributed by atoms with van der Waals surface area (Å²) < 4.78 is 12.5. The van der Waals surface area contributed by atoms with Crippen LogP contribution in [-0.2, 0) is 6.61 Å². The van der Waals surface area contributed by atoms with Crippen molar-refractivity contribution in [1.82, 2.24) is 9.78 Å². The Kier molecular flexibility index (Phi) is 5.67. The quantitative estimate of drug-likeness (QED) is 0.391. The average Bonchev–Trinajstić information content (AvgIpc) is 3.13. The maximum Gasteiger partial charge on any atom is 0.432 e. The SMILES string of the molecule is N#Cc1cc(Cl)cc(Oc2cc(OCc3nn(C(=O)O)c4ccccc34)ccc2Cl)c1. The highest BCUT2D eigenvalue weighted by Crippen LogP contribution is 2.34. The Morgan fingerprint density at radius 3 is 2.68 bits per heavy atom. The normalized spacial score (nSPS) is 10.6. The van der Waals surface area contributed by atoms with Gasteiger partial charge in [0.2, 0.25) is 0 Å². The first kappa shape index (κ1) is 20.5. The number of rotatable bonds is 5. The Morgan fingerprint density at radius 1 is 1.10 bits per heavy atom. The topological polar surface area (TPSA) is 97.4 Å². The third-order valence-electron chi connectivity index (χ3n) is 4.35. The van der Waals surface area contributed by atoms with Crippen LogP contribution in [0.4, 0.5) is 4.79 Å². The molecular weight excluding hydrogens is 441 g/mol. The molecule has 0 fully saturated rings. The first-order valence-corrected chi connectivity index (χ1v) is 9.71. The number of nitrogens with zero attached hydrogens (tertiary/aromatic N) is 3. The minimum atomic E-state index is -1.18. The molecule has 0 bridgehead atoms. The molecule has 3 aromatic carbocycles. The molecule has 0 amide bonds. The Bertz CT molecular complexity index is 1340. The van der Waals surface area contributed by atoms with E-state index in [1.807, 2.05) is 6.07 Å². The fourth-order valence-electron chi connectivity index (χ4n) is 3.00. The molecule has 1 aromatic heterocycles. The molecule has 0 aliphatic rings. The van der Waals surface area contributed by atoms with Crippen LogP contribution in [-0.4, -0.2) is 21.0 Å². The highest BCUT2D eigenvalue weighted by molar-refractivity contribution is 6.32. The van der Waals surface area contributed by atoms with Crippen LogP contribution in [0.15, 0.2) is 60.7 Å². The van der Waals surface area contributed by atoms with Crippen molar-refractivity contribution in [2.45, 2.75) is 6.61 Å². The summed E-state index contributed by atoms with van der Waals surface area (Å²) >= 11 is 12.2. The second-order valence-electron chi connectivity index (χ2n) is 6.43. The molecule has 0 aliphatic heterocycles. The van der Waals surface area contributed by atoms with E-state index in [1.165, 1.54) is 6.07 Å². The molecule has 0 unspecified atom stereocenters. The zero-order valence-electron chi connectivity index (χ0n) is 15.8. The number of carbonyl (C=O) groups is 1. The third-order valence-corrected chi connectivity index (χ3v) is 4.88. The van der Waals surface area contributed by atoms with Crippen LogP contribution >= 0.6 is 23.2 Å². The molecule has 4 rings (SSSR count). The van der Waals surface area contributed by atoms with Crippen LogP contribution in [0, 0.1) is 11.3 Å². The first-order valence-electron chi connectivity index (χ1n) is 8.95. The van der Waals surface area contributed by atoms with E-state index >= 15 is 0 Å². The molecule has 7 nitrogen and oxygen atoms in total. The van der Waals surface area contributed by atoms with Gasteiger partial charge in [-0.05, 0) is 36.4 Å². The number of aromatic nitrogens is 2. The fraction of sp³-hybridized carbons (Fsp3) is 0.0455. The number of hydrogen-bond donors (Lipinski definition) is 1. The van der Waals surface area contributed by atoms with Crippen molar-refractivity contribution in [3.05, 3.63) is 82.0 Å². The van der Waals surface area contributed by atoms with E-state index in [9.17, 15) is 9.90 Å². The van der Waals surface area contributed by atoms with Crippen LogP contribution in [0.5, 0.6) is 17.2 Å². The van der Waals surface area contributed by atoms with Gasteiger partial charge < -0.3 is 14.6 Å². The monoisotopic (exact) mass is 453 g/mol. The number of para-hydroxylation sites is 1. The van der Waals surface area contributed by atoms with E-state index in [0.29, 0.717) is 49.5 Å². The van der Waals surface area contributed by atoms with Gasteiger partial charge in [-0.2, -0.15) is 15.0 Å². The molecule has 154 valence electrons. The highest BCUT2D eigenvalue weighted by Gasteiger charge is 2.15. The summed E-state index contributed by atoms with van der Waals surface area (Å²) in [6, 6.07) is 18.5. The average molecular weight is 454 g/mol. The second-order valence-corrected chi connectivity index (χ2v) is 7.27. The van der Waals surface area contributed by atoms with Crippen molar-refractivity contribution in [2.24, 2.45) is 0 Å². The van der Waals surface area contributed by atoms with E-state index in [0.717, 1.165) is 4.68 Å². The number of hydrogen-bond acceptors (Lipinski definition) is 5. The number of carboxylic acid groups (broad SMARTS) is 1. The second kappa shape index (κ2) is 8.56. The largest absolute Gasteiger partial charge is 0.487 e. The molecule has 0 aliphatic carbocycles. The summed E-state index contributed by atoms with van der Waals surface area (Å²) in [7, 11) is 0. The highest BCUT2D eigenvalue weighted by atomic mass is 35.5. The van der Waals surface area contributed by atoms with Crippen LogP contribution in [0.25, 0.3) is 10.9 Å². The third kappa shape index (κ3) is 4.40. The molecule has 4 aromatic rings. The summed E-state index contributed by atoms with van der Waals surface area (Å²) in [6.45, 7) is 0.0393. The molecular formula is C22H13Cl2N3O4. The molecule has 0 saturated heterocycles. The Balaban J connectivity index is 1.57. The maximum absolute atomic E-state index is 11.4. The lowest BCUT2D eigenvalue weighted by atomic mass is 10.2. The molecule has 0 atom stereocenters. The molecule has 9 heteroatoms. The van der Waals surface area contributed by atoms with Crippen LogP contribution in [0.2, 0.25) is 10.0 Å². The van der Waals surface area contributed by atoms with Crippen molar-refractivity contribution in [3.8, 4) is 23.3 Å². The maximum atomic E-state index is 11.4. The minimum absolute atomic E-state index is 0.0393. The molecule has 0 saturated carbocycles. The fourth-order valence-corrected chi connectivity index (χ4v) is 3.38. The van der Waals surface area contributed by atoms with E-state index < -0.39 is 6.09 Å². The first-order chi connectivity index (χ1) is 14.9. The lowest BCUT2D eigenvalue weighted by Crippen LogP contribution is -2.10. The van der Waals surface area contributed by atoms with Crippen LogP contribution in [0.1, 0.15) is 11.3 Å². The number of fused-ring (bicyclic) bond motifs is 1. The smallest absolute Gasteiger partial charge is 0.432 e. The number of halogens is 2. The summed E-state index contributed by atoms with van der Waals surface area (Å²) in [5, 5.41) is 23.9. The summed E-state index contributed by atoms with van der Waals surface area (Å²) in [5.41, 5.74) is 1.30. The van der Waals surface area contributed by atoms with Gasteiger partial charge in [-0.3, -0.25) is 0 Å². The number of ether oxygens (including phenoxy) is 2. The Hall–Kier alpha value is -3.73. The zero-order chi connectivity index (χ0) is 22.0. The van der Waals surface area contributed by atoms with Crippen LogP contribution in [0.3, 0.4) is 0 Å². The van der Waals surface area contributed by atoms with E-state index in [1.54, 1.807) is 54.6 Å². The lowest BCUT2D eigenvalue weighted by molar-refractivity contribution is 0.193. The van der Waals surface area contributed by atoms with Gasteiger partial charge in [0, 0.05) is 16.5 Å². The molecule has 0 radical (unpaired) electrons. The Morgan fingerprint density at radius 2 is 1.90 bits per heavy atom. The zero-order valence-corrected chi connectivity index (χ0v) is 17.3. The molecule has 0 spiro atoms. The van der Waals surface area contributed by atoms with Gasteiger partial charge in [0.15, 0.2) is 0 Å². The van der Waals surface area contributed by atoms with Crippen molar-refractivity contribution < 1.29 is 19.4 Å². The van der Waals surface area contributed by atoms with Crippen molar-refractivity contribution in [3.63, 3.8) is 0 Å². The minimum Gasteiger partial charge on any atom is -0.487 e. The predicted octanol–water partition coefficient (Wildman–Crippen LogP) is 6.11. The predicted molar refractivity (Wildman–Crippen MR) is 115 cm³/mol. The van der Waals surface area contributed by atoms with Crippen LogP contribution < -0.4 is 9.47 Å². The lowest BCUT2D eigenvalue weighted by Gasteiger charge is -2.11. The standard InChI is InChI=1S/C22H13Cl2N3O4/c23-14-7-13(11-25)8-16(9-14)31-21-10-15(5-6-18(21)24)30-12-19-17-3-1-2-4-20(17)27(26-19)22(28)29/h1-10H,12H2,(H,28,29). The van der Waals surface area contributed by atoms with Crippen molar-refractivity contribution in [1.29, 1.82) is 5.26 Å². The van der Waals surface area contributed by atoms with Gasteiger partial charge in [-0.15, -0.1) is 0 Å². The molecule has 1 N–H and O–H groups in total. The van der Waals surface area contributed by atoms with E-state index in [-0.39, 0.29) is 6.61 Å². The van der Waals surface area contributed by atoms with Gasteiger partial charge in [-0.25, -0.2) is 4.79 Å². The van der Waals surface area contributed by atoms with E-state index in [4.69, 9.17) is 37.9 Å². The summed E-state index contributed by atoms with van der Waals surface area (Å²) in [6.07, 6.45) is -1.18. The van der Waals surface area contributed by atoms with Gasteiger partial charge in [-0.1, -0.05) is 41.4 Å². The van der Waals surface area contributed by atoms with E-state index in [2.05, 4.69) is 5.10 Å². The number of benzene rings is 3. The van der Waals surface area contributed by atoms with Gasteiger partial charge in [0.1, 0.15) is 29.5 Å². The van der Waals surface area contributed by atoms with Gasteiger partial charge in [0.05, 0.1) is 22.2 Å².